The number of rotatable bonds is 5. The average molecular weight is 312 g/mol. The van der Waals surface area contributed by atoms with Crippen LogP contribution in [0.2, 0.25) is 10.0 Å². The van der Waals surface area contributed by atoms with Gasteiger partial charge >= 0.3 is 0 Å². The summed E-state index contributed by atoms with van der Waals surface area (Å²) in [6.45, 7) is 2.03. The van der Waals surface area contributed by atoms with Crippen molar-refractivity contribution in [3.63, 3.8) is 0 Å². The molecule has 0 atom stereocenters. The second-order valence-corrected chi connectivity index (χ2v) is 5.21. The van der Waals surface area contributed by atoms with E-state index in [1.807, 2.05) is 19.1 Å². The van der Waals surface area contributed by atoms with Crippen molar-refractivity contribution in [2.75, 3.05) is 5.32 Å². The van der Waals surface area contributed by atoms with Crippen molar-refractivity contribution in [2.45, 2.75) is 26.2 Å². The molecular weight excluding hydrogens is 297 g/mol. The molecule has 106 valence electrons. The van der Waals surface area contributed by atoms with Gasteiger partial charge in [0.05, 0.1) is 10.0 Å². The number of carbonyl (C=O) groups is 1. The van der Waals surface area contributed by atoms with Crippen molar-refractivity contribution < 1.29 is 9.21 Å². The highest BCUT2D eigenvalue weighted by atomic mass is 35.5. The molecule has 1 N–H and O–H groups in total. The summed E-state index contributed by atoms with van der Waals surface area (Å²) in [7, 11) is 0. The van der Waals surface area contributed by atoms with Crippen molar-refractivity contribution >= 4 is 34.8 Å². The molecule has 0 radical (unpaired) electrons. The van der Waals surface area contributed by atoms with E-state index in [2.05, 4.69) is 5.32 Å². The Balaban J connectivity index is 1.87. The lowest BCUT2D eigenvalue weighted by Gasteiger charge is -2.05. The van der Waals surface area contributed by atoms with Gasteiger partial charge in [-0.05, 0) is 30.3 Å². The van der Waals surface area contributed by atoms with Gasteiger partial charge in [0.15, 0.2) is 0 Å². The normalized spacial score (nSPS) is 10.6. The average Bonchev–Trinajstić information content (AvgIpc) is 2.89. The lowest BCUT2D eigenvalue weighted by Crippen LogP contribution is -2.12. The molecule has 0 saturated carbocycles. The molecule has 3 nitrogen and oxygen atoms in total. The van der Waals surface area contributed by atoms with Gasteiger partial charge < -0.3 is 9.73 Å². The van der Waals surface area contributed by atoms with Crippen LogP contribution >= 0.6 is 23.2 Å². The predicted molar refractivity (Wildman–Crippen MR) is 81.5 cm³/mol. The fourth-order valence-electron chi connectivity index (χ4n) is 1.78. The van der Waals surface area contributed by atoms with E-state index in [0.717, 1.165) is 17.9 Å². The molecule has 20 heavy (non-hydrogen) atoms. The second kappa shape index (κ2) is 6.82. The Hall–Kier alpha value is -1.45. The van der Waals surface area contributed by atoms with Gasteiger partial charge in [-0.2, -0.15) is 0 Å². The highest BCUT2D eigenvalue weighted by Gasteiger charge is 2.07. The van der Waals surface area contributed by atoms with Crippen molar-refractivity contribution in [2.24, 2.45) is 0 Å². The lowest BCUT2D eigenvalue weighted by atomic mass is 10.2. The van der Waals surface area contributed by atoms with Crippen molar-refractivity contribution in [1.29, 1.82) is 0 Å². The molecule has 2 aromatic rings. The molecule has 1 aromatic carbocycles. The molecule has 1 heterocycles. The number of carbonyl (C=O) groups excluding carboxylic acids is 1. The molecule has 2 rings (SSSR count). The molecule has 1 amide bonds. The quantitative estimate of drug-likeness (QED) is 0.868. The van der Waals surface area contributed by atoms with E-state index in [4.69, 9.17) is 27.6 Å². The zero-order valence-electron chi connectivity index (χ0n) is 11.1. The Morgan fingerprint density at radius 2 is 1.90 bits per heavy atom. The molecule has 0 bridgehead atoms. The Bertz CT molecular complexity index is 608. The van der Waals surface area contributed by atoms with E-state index in [1.165, 1.54) is 0 Å². The van der Waals surface area contributed by atoms with Crippen LogP contribution in [0.15, 0.2) is 34.7 Å². The number of amides is 1. The second-order valence-electron chi connectivity index (χ2n) is 4.40. The van der Waals surface area contributed by atoms with Crippen LogP contribution in [0.1, 0.15) is 24.9 Å². The number of anilines is 1. The van der Waals surface area contributed by atoms with Gasteiger partial charge in [-0.15, -0.1) is 0 Å². The molecule has 0 aliphatic rings. The maximum absolute atomic E-state index is 11.8. The van der Waals surface area contributed by atoms with Gasteiger partial charge in [0.25, 0.3) is 0 Å². The van der Waals surface area contributed by atoms with E-state index >= 15 is 0 Å². The third kappa shape index (κ3) is 4.02. The minimum Gasteiger partial charge on any atom is -0.466 e. The van der Waals surface area contributed by atoms with E-state index in [0.29, 0.717) is 28.6 Å². The molecule has 0 aliphatic heterocycles. The summed E-state index contributed by atoms with van der Waals surface area (Å²) in [4.78, 5) is 11.8. The highest BCUT2D eigenvalue weighted by Crippen LogP contribution is 2.25. The third-order valence-electron chi connectivity index (χ3n) is 2.87. The number of furan rings is 1. The Labute approximate surface area is 127 Å². The summed E-state index contributed by atoms with van der Waals surface area (Å²) in [5.41, 5.74) is 0.637. The number of hydrogen-bond acceptors (Lipinski definition) is 2. The lowest BCUT2D eigenvalue weighted by molar-refractivity contribution is -0.116. The smallest absolute Gasteiger partial charge is 0.224 e. The standard InChI is InChI=1S/C15H15Cl2NO2/c1-2-11-4-5-12(20-11)6-8-15(19)18-10-3-7-13(16)14(17)9-10/h3-5,7,9H,2,6,8H2,1H3,(H,18,19). The molecule has 0 aliphatic carbocycles. The van der Waals surface area contributed by atoms with Gasteiger partial charge in [0, 0.05) is 24.9 Å². The summed E-state index contributed by atoms with van der Waals surface area (Å²) < 4.78 is 5.55. The van der Waals surface area contributed by atoms with E-state index in [-0.39, 0.29) is 5.91 Å². The summed E-state index contributed by atoms with van der Waals surface area (Å²) >= 11 is 11.7. The molecule has 0 unspecified atom stereocenters. The van der Waals surface area contributed by atoms with Crippen LogP contribution in [0.3, 0.4) is 0 Å². The van der Waals surface area contributed by atoms with Gasteiger partial charge in [-0.3, -0.25) is 4.79 Å². The minimum absolute atomic E-state index is 0.0853. The van der Waals surface area contributed by atoms with Crippen LogP contribution in [-0.4, -0.2) is 5.91 Å². The van der Waals surface area contributed by atoms with E-state index in [1.54, 1.807) is 18.2 Å². The fourth-order valence-corrected chi connectivity index (χ4v) is 2.08. The highest BCUT2D eigenvalue weighted by molar-refractivity contribution is 6.42. The molecule has 5 heteroatoms. The Morgan fingerprint density at radius 1 is 1.15 bits per heavy atom. The zero-order chi connectivity index (χ0) is 14.5. The number of benzene rings is 1. The van der Waals surface area contributed by atoms with Gasteiger partial charge in [0.2, 0.25) is 5.91 Å². The van der Waals surface area contributed by atoms with Crippen LogP contribution in [0.4, 0.5) is 5.69 Å². The van der Waals surface area contributed by atoms with Crippen molar-refractivity contribution in [3.05, 3.63) is 51.9 Å². The van der Waals surface area contributed by atoms with Crippen LogP contribution in [0.5, 0.6) is 0 Å². The number of halogens is 2. The van der Waals surface area contributed by atoms with E-state index < -0.39 is 0 Å². The topological polar surface area (TPSA) is 42.2 Å². The largest absolute Gasteiger partial charge is 0.466 e. The first-order chi connectivity index (χ1) is 9.58. The Kier molecular flexibility index (Phi) is 5.10. The maximum atomic E-state index is 11.8. The molecule has 0 saturated heterocycles. The zero-order valence-corrected chi connectivity index (χ0v) is 12.6. The number of nitrogens with one attached hydrogen (secondary N) is 1. The predicted octanol–water partition coefficient (Wildman–Crippen LogP) is 4.72. The molecular formula is C15H15Cl2NO2. The first kappa shape index (κ1) is 14.9. The summed E-state index contributed by atoms with van der Waals surface area (Å²) in [5.74, 6) is 1.67. The summed E-state index contributed by atoms with van der Waals surface area (Å²) in [6, 6.07) is 8.84. The number of aryl methyl sites for hydroxylation is 2. The molecule has 0 spiro atoms. The molecule has 1 aromatic heterocycles. The summed E-state index contributed by atoms with van der Waals surface area (Å²) in [5, 5.41) is 3.66. The van der Waals surface area contributed by atoms with Gasteiger partial charge in [0.1, 0.15) is 11.5 Å². The maximum Gasteiger partial charge on any atom is 0.224 e. The monoisotopic (exact) mass is 311 g/mol. The van der Waals surface area contributed by atoms with Crippen LogP contribution in [-0.2, 0) is 17.6 Å². The minimum atomic E-state index is -0.0853. The SMILES string of the molecule is CCc1ccc(CCC(=O)Nc2ccc(Cl)c(Cl)c2)o1. The van der Waals surface area contributed by atoms with Gasteiger partial charge in [-0.1, -0.05) is 30.1 Å². The Morgan fingerprint density at radius 3 is 2.55 bits per heavy atom. The number of hydrogen-bond donors (Lipinski definition) is 1. The van der Waals surface area contributed by atoms with Crippen molar-refractivity contribution in [1.82, 2.24) is 0 Å². The fraction of sp³-hybridized carbons (Fsp3) is 0.267. The van der Waals surface area contributed by atoms with Crippen molar-refractivity contribution in [3.8, 4) is 0 Å². The van der Waals surface area contributed by atoms with Gasteiger partial charge in [-0.25, -0.2) is 0 Å². The van der Waals surface area contributed by atoms with Crippen LogP contribution in [0, 0.1) is 0 Å². The first-order valence-corrected chi connectivity index (χ1v) is 7.16. The van der Waals surface area contributed by atoms with Crippen LogP contribution in [0.25, 0.3) is 0 Å². The van der Waals surface area contributed by atoms with Crippen LogP contribution < -0.4 is 5.32 Å². The summed E-state index contributed by atoms with van der Waals surface area (Å²) in [6.07, 6.45) is 1.79. The first-order valence-electron chi connectivity index (χ1n) is 6.41. The third-order valence-corrected chi connectivity index (χ3v) is 3.61. The van der Waals surface area contributed by atoms with E-state index in [9.17, 15) is 4.79 Å². The molecule has 0 fully saturated rings.